The highest BCUT2D eigenvalue weighted by Crippen LogP contribution is 2.30. The first-order chi connectivity index (χ1) is 9.65. The topological polar surface area (TPSA) is 73.6 Å². The molecule has 0 aliphatic carbocycles. The van der Waals surface area contributed by atoms with Gasteiger partial charge in [0.05, 0.1) is 18.1 Å². The van der Waals surface area contributed by atoms with Crippen LogP contribution in [0.3, 0.4) is 0 Å². The molecule has 0 spiro atoms. The largest absolute Gasteiger partial charge is 0.497 e. The molecule has 1 N–H and O–H groups in total. The van der Waals surface area contributed by atoms with Crippen LogP contribution in [0.5, 0.6) is 5.75 Å². The molecule has 1 aromatic carbocycles. The number of hydrogen-bond donors (Lipinski definition) is 1. The molecule has 0 amide bonds. The average Bonchev–Trinajstić information content (AvgIpc) is 2.91. The summed E-state index contributed by atoms with van der Waals surface area (Å²) in [5.41, 5.74) is 0.564. The molecule has 2 atom stereocenters. The molecule has 0 bridgehead atoms. The second kappa shape index (κ2) is 6.56. The summed E-state index contributed by atoms with van der Waals surface area (Å²) in [7, 11) is 1.54. The summed E-state index contributed by atoms with van der Waals surface area (Å²) >= 11 is 0. The molecule has 1 aliphatic rings. The van der Waals surface area contributed by atoms with Crippen LogP contribution in [0.15, 0.2) is 18.2 Å². The lowest BCUT2D eigenvalue weighted by Crippen LogP contribution is -2.23. The third kappa shape index (κ3) is 3.19. The van der Waals surface area contributed by atoms with Gasteiger partial charge in [0, 0.05) is 31.2 Å². The number of benzene rings is 1. The van der Waals surface area contributed by atoms with E-state index in [9.17, 15) is 10.1 Å². The zero-order chi connectivity index (χ0) is 14.5. The highest BCUT2D eigenvalue weighted by molar-refractivity contribution is 5.64. The van der Waals surface area contributed by atoms with E-state index in [1.807, 2.05) is 0 Å². The molecule has 20 heavy (non-hydrogen) atoms. The fourth-order valence-corrected chi connectivity index (χ4v) is 2.56. The molecule has 1 aliphatic heterocycles. The summed E-state index contributed by atoms with van der Waals surface area (Å²) < 4.78 is 10.7. The lowest BCUT2D eigenvalue weighted by atomic mass is 9.99. The predicted octanol–water partition coefficient (Wildman–Crippen LogP) is 2.83. The van der Waals surface area contributed by atoms with Crippen molar-refractivity contribution in [2.75, 3.05) is 25.6 Å². The minimum absolute atomic E-state index is 0.0674. The number of methoxy groups -OCH3 is 1. The van der Waals surface area contributed by atoms with E-state index in [2.05, 4.69) is 12.2 Å². The molecule has 0 saturated carbocycles. The van der Waals surface area contributed by atoms with Crippen LogP contribution in [0, 0.1) is 16.0 Å². The molecule has 110 valence electrons. The summed E-state index contributed by atoms with van der Waals surface area (Å²) in [5, 5.41) is 14.2. The van der Waals surface area contributed by atoms with Gasteiger partial charge in [0.1, 0.15) is 11.4 Å². The second-order valence-electron chi connectivity index (χ2n) is 4.89. The van der Waals surface area contributed by atoms with Crippen LogP contribution in [-0.2, 0) is 4.74 Å². The van der Waals surface area contributed by atoms with E-state index >= 15 is 0 Å². The van der Waals surface area contributed by atoms with Gasteiger partial charge in [-0.1, -0.05) is 6.92 Å². The van der Waals surface area contributed by atoms with Gasteiger partial charge in [-0.05, 0) is 18.9 Å². The molecular weight excluding hydrogens is 260 g/mol. The summed E-state index contributed by atoms with van der Waals surface area (Å²) in [4.78, 5) is 10.7. The van der Waals surface area contributed by atoms with Crippen LogP contribution in [0.25, 0.3) is 0 Å². The van der Waals surface area contributed by atoms with Gasteiger partial charge < -0.3 is 14.8 Å². The fraction of sp³-hybridized carbons (Fsp3) is 0.571. The van der Waals surface area contributed by atoms with Crippen molar-refractivity contribution in [3.05, 3.63) is 28.3 Å². The van der Waals surface area contributed by atoms with Crippen LogP contribution in [-0.4, -0.2) is 31.3 Å². The highest BCUT2D eigenvalue weighted by Gasteiger charge is 2.27. The van der Waals surface area contributed by atoms with E-state index in [1.54, 1.807) is 19.2 Å². The Bertz CT molecular complexity index is 478. The van der Waals surface area contributed by atoms with Crippen molar-refractivity contribution in [2.24, 2.45) is 5.92 Å². The Labute approximate surface area is 118 Å². The number of nitrogens with one attached hydrogen (secondary N) is 1. The monoisotopic (exact) mass is 280 g/mol. The first-order valence-electron chi connectivity index (χ1n) is 6.83. The summed E-state index contributed by atoms with van der Waals surface area (Å²) in [5.74, 6) is 0.999. The number of ether oxygens (including phenoxy) is 2. The van der Waals surface area contributed by atoms with Crippen molar-refractivity contribution in [3.8, 4) is 5.75 Å². The molecule has 6 nitrogen and oxygen atoms in total. The van der Waals surface area contributed by atoms with E-state index in [-0.39, 0.29) is 16.7 Å². The minimum atomic E-state index is -0.385. The Hall–Kier alpha value is -1.82. The van der Waals surface area contributed by atoms with Gasteiger partial charge >= 0.3 is 0 Å². The lowest BCUT2D eigenvalue weighted by molar-refractivity contribution is -0.384. The van der Waals surface area contributed by atoms with Crippen LogP contribution in [0.4, 0.5) is 11.4 Å². The summed E-state index contributed by atoms with van der Waals surface area (Å²) in [6, 6.07) is 4.72. The van der Waals surface area contributed by atoms with Gasteiger partial charge in [-0.2, -0.15) is 0 Å². The Kier molecular flexibility index (Phi) is 4.79. The van der Waals surface area contributed by atoms with Gasteiger partial charge in [-0.15, -0.1) is 0 Å². The number of hydrogen-bond acceptors (Lipinski definition) is 5. The van der Waals surface area contributed by atoms with Crippen molar-refractivity contribution in [1.29, 1.82) is 0 Å². The standard InChI is InChI=1S/C14H20N2O4/c1-3-14-10(6-7-20-14)9-15-12-8-11(19-2)4-5-13(12)16(17)18/h4-5,8,10,14-15H,3,6-7,9H2,1-2H3. The van der Waals surface area contributed by atoms with E-state index in [0.717, 1.165) is 19.4 Å². The third-order valence-electron chi connectivity index (χ3n) is 3.70. The molecule has 1 aromatic rings. The lowest BCUT2D eigenvalue weighted by Gasteiger charge is -2.18. The van der Waals surface area contributed by atoms with E-state index in [4.69, 9.17) is 9.47 Å². The number of nitrogens with zero attached hydrogens (tertiary/aromatic N) is 1. The predicted molar refractivity (Wildman–Crippen MR) is 76.3 cm³/mol. The molecule has 1 fully saturated rings. The highest BCUT2D eigenvalue weighted by atomic mass is 16.6. The van der Waals surface area contributed by atoms with Crippen LogP contribution in [0.1, 0.15) is 19.8 Å². The van der Waals surface area contributed by atoms with Crippen molar-refractivity contribution >= 4 is 11.4 Å². The molecule has 1 saturated heterocycles. The average molecular weight is 280 g/mol. The first kappa shape index (κ1) is 14.6. The smallest absolute Gasteiger partial charge is 0.292 e. The Morgan fingerprint density at radius 1 is 1.55 bits per heavy atom. The normalized spacial score (nSPS) is 21.7. The molecule has 0 radical (unpaired) electrons. The van der Waals surface area contributed by atoms with E-state index < -0.39 is 0 Å². The maximum absolute atomic E-state index is 11.0. The van der Waals surface area contributed by atoms with Crippen molar-refractivity contribution in [3.63, 3.8) is 0 Å². The third-order valence-corrected chi connectivity index (χ3v) is 3.70. The van der Waals surface area contributed by atoms with Gasteiger partial charge in [-0.25, -0.2) is 0 Å². The maximum atomic E-state index is 11.0. The molecule has 2 unspecified atom stereocenters. The Morgan fingerprint density at radius 3 is 3.00 bits per heavy atom. The van der Waals surface area contributed by atoms with Crippen LogP contribution < -0.4 is 10.1 Å². The number of anilines is 1. The molecular formula is C14H20N2O4. The quantitative estimate of drug-likeness (QED) is 0.640. The van der Waals surface area contributed by atoms with Gasteiger partial charge in [-0.3, -0.25) is 10.1 Å². The van der Waals surface area contributed by atoms with E-state index in [1.165, 1.54) is 6.07 Å². The Morgan fingerprint density at radius 2 is 2.35 bits per heavy atom. The number of rotatable bonds is 6. The number of nitro benzene ring substituents is 1. The molecule has 0 aromatic heterocycles. The number of nitro groups is 1. The van der Waals surface area contributed by atoms with Crippen molar-refractivity contribution in [1.82, 2.24) is 0 Å². The van der Waals surface area contributed by atoms with E-state index in [0.29, 0.717) is 23.9 Å². The fourth-order valence-electron chi connectivity index (χ4n) is 2.56. The second-order valence-corrected chi connectivity index (χ2v) is 4.89. The SMILES string of the molecule is CCC1OCCC1CNc1cc(OC)ccc1[N+](=O)[O-]. The van der Waals surface area contributed by atoms with Gasteiger partial charge in [0.15, 0.2) is 0 Å². The van der Waals surface area contributed by atoms with Gasteiger partial charge in [0.25, 0.3) is 5.69 Å². The zero-order valence-electron chi connectivity index (χ0n) is 11.8. The summed E-state index contributed by atoms with van der Waals surface area (Å²) in [6.45, 7) is 3.54. The van der Waals surface area contributed by atoms with Crippen LogP contribution in [0.2, 0.25) is 0 Å². The minimum Gasteiger partial charge on any atom is -0.497 e. The van der Waals surface area contributed by atoms with Gasteiger partial charge in [0.2, 0.25) is 0 Å². The zero-order valence-corrected chi connectivity index (χ0v) is 11.8. The molecule has 2 rings (SSSR count). The summed E-state index contributed by atoms with van der Waals surface area (Å²) in [6.07, 6.45) is 2.20. The van der Waals surface area contributed by atoms with Crippen molar-refractivity contribution in [2.45, 2.75) is 25.9 Å². The molecule has 6 heteroatoms. The first-order valence-corrected chi connectivity index (χ1v) is 6.83. The molecule has 1 heterocycles. The Balaban J connectivity index is 2.09. The van der Waals surface area contributed by atoms with Crippen molar-refractivity contribution < 1.29 is 14.4 Å². The van der Waals surface area contributed by atoms with Crippen LogP contribution >= 0.6 is 0 Å². The maximum Gasteiger partial charge on any atom is 0.292 e.